The van der Waals surface area contributed by atoms with E-state index in [9.17, 15) is 22.8 Å². The third-order valence-corrected chi connectivity index (χ3v) is 7.47. The zero-order valence-corrected chi connectivity index (χ0v) is 17.9. The first-order chi connectivity index (χ1) is 14.7. The number of halogens is 4. The fourth-order valence-electron chi connectivity index (χ4n) is 5.41. The summed E-state index contributed by atoms with van der Waals surface area (Å²) in [7, 11) is 0. The average molecular weight is 468 g/mol. The molecule has 5 aliphatic rings. The third kappa shape index (κ3) is 5.12. The Balaban J connectivity index is 1.13. The number of alkyl halides is 4. The van der Waals surface area contributed by atoms with Gasteiger partial charge in [0.25, 0.3) is 0 Å². The van der Waals surface area contributed by atoms with Gasteiger partial charge in [-0.05, 0) is 44.9 Å². The number of piperidine rings is 1. The van der Waals surface area contributed by atoms with Crippen LogP contribution in [0.1, 0.15) is 51.4 Å². The number of ether oxygens (including phenoxy) is 2. The fraction of sp³-hybridized carbons (Fsp3) is 0.900. The Kier molecular flexibility index (Phi) is 6.72. The smallest absolute Gasteiger partial charge is 0.345 e. The quantitative estimate of drug-likeness (QED) is 0.475. The van der Waals surface area contributed by atoms with E-state index in [0.29, 0.717) is 44.9 Å². The van der Waals surface area contributed by atoms with Crippen molar-refractivity contribution >= 4 is 23.4 Å². The van der Waals surface area contributed by atoms with Crippen LogP contribution >= 0.6 is 11.6 Å². The minimum atomic E-state index is -2.79. The van der Waals surface area contributed by atoms with Gasteiger partial charge in [-0.2, -0.15) is 8.78 Å². The first-order valence-corrected chi connectivity index (χ1v) is 11.3. The molecule has 4 saturated carbocycles. The van der Waals surface area contributed by atoms with E-state index in [-0.39, 0.29) is 49.2 Å². The van der Waals surface area contributed by atoms with E-state index in [1.54, 1.807) is 0 Å². The van der Waals surface area contributed by atoms with Gasteiger partial charge in [-0.1, -0.05) is 0 Å². The third-order valence-electron chi connectivity index (χ3n) is 6.98. The summed E-state index contributed by atoms with van der Waals surface area (Å²) in [6, 6.07) is 0. The highest BCUT2D eigenvalue weighted by atomic mass is 35.5. The van der Waals surface area contributed by atoms with Crippen LogP contribution in [0.3, 0.4) is 0 Å². The van der Waals surface area contributed by atoms with E-state index in [0.717, 1.165) is 0 Å². The Labute approximate surface area is 184 Å². The monoisotopic (exact) mass is 467 g/mol. The molecule has 3 N–H and O–H groups in total. The van der Waals surface area contributed by atoms with Crippen LogP contribution in [-0.4, -0.2) is 67.0 Å². The molecule has 1 saturated heterocycles. The second-order valence-electron chi connectivity index (χ2n) is 9.45. The molecule has 5 atom stereocenters. The lowest BCUT2D eigenvalue weighted by atomic mass is 9.39. The molecule has 0 radical (unpaired) electrons. The van der Waals surface area contributed by atoms with E-state index >= 15 is 0 Å². The molecule has 5 fully saturated rings. The molecule has 176 valence electrons. The maximum atomic E-state index is 13.7. The molecule has 5 unspecified atom stereocenters. The Morgan fingerprint density at radius 1 is 1.13 bits per heavy atom. The molecule has 0 spiro atoms. The van der Waals surface area contributed by atoms with Crippen LogP contribution in [0, 0.1) is 5.41 Å². The Hall–Kier alpha value is -1.10. The molecule has 7 nitrogen and oxygen atoms in total. The molecule has 0 aromatic carbocycles. The van der Waals surface area contributed by atoms with Crippen molar-refractivity contribution in [3.05, 3.63) is 0 Å². The summed E-state index contributed by atoms with van der Waals surface area (Å²) in [5.41, 5.74) is -0.823. The lowest BCUT2D eigenvalue weighted by molar-refractivity contribution is -0.186. The van der Waals surface area contributed by atoms with Gasteiger partial charge in [0.15, 0.2) is 0 Å². The van der Waals surface area contributed by atoms with Crippen LogP contribution in [0.25, 0.3) is 0 Å². The summed E-state index contributed by atoms with van der Waals surface area (Å²) in [6.07, 6.45) is 1.85. The van der Waals surface area contributed by atoms with Gasteiger partial charge in [-0.3, -0.25) is 14.9 Å². The van der Waals surface area contributed by atoms with Crippen molar-refractivity contribution in [3.8, 4) is 0 Å². The van der Waals surface area contributed by atoms with E-state index in [4.69, 9.17) is 16.3 Å². The zero-order chi connectivity index (χ0) is 22.2. The number of nitrogens with one attached hydrogen (secondary N) is 3. The molecule has 0 aromatic rings. The van der Waals surface area contributed by atoms with Crippen molar-refractivity contribution < 1.29 is 32.2 Å². The van der Waals surface area contributed by atoms with Crippen molar-refractivity contribution in [3.63, 3.8) is 0 Å². The summed E-state index contributed by atoms with van der Waals surface area (Å²) in [5, 5.41) is 8.45. The zero-order valence-electron chi connectivity index (χ0n) is 17.2. The molecule has 4 aliphatic carbocycles. The maximum Gasteiger partial charge on any atom is 0.345 e. The van der Waals surface area contributed by atoms with Crippen molar-refractivity contribution in [2.45, 2.75) is 93.4 Å². The normalized spacial score (nSPS) is 41.8. The van der Waals surface area contributed by atoms with E-state index in [1.807, 2.05) is 0 Å². The van der Waals surface area contributed by atoms with Crippen LogP contribution in [0.5, 0.6) is 0 Å². The predicted octanol–water partition coefficient (Wildman–Crippen LogP) is 1.97. The van der Waals surface area contributed by atoms with Crippen LogP contribution < -0.4 is 16.0 Å². The average Bonchev–Trinajstić information content (AvgIpc) is 2.65. The topological polar surface area (TPSA) is 88.7 Å². The Morgan fingerprint density at radius 3 is 2.45 bits per heavy atom. The predicted molar refractivity (Wildman–Crippen MR) is 105 cm³/mol. The summed E-state index contributed by atoms with van der Waals surface area (Å²) in [6.45, 7) is -2.66. The van der Waals surface area contributed by atoms with Crippen LogP contribution in [-0.2, 0) is 19.1 Å². The molecular formula is C20H29ClF3N3O4. The molecule has 31 heavy (non-hydrogen) atoms. The first kappa shape index (κ1) is 23.1. The number of hydrogen-bond acceptors (Lipinski definition) is 5. The number of hydrogen-bond donors (Lipinski definition) is 3. The summed E-state index contributed by atoms with van der Waals surface area (Å²) >= 11 is 5.86. The van der Waals surface area contributed by atoms with Gasteiger partial charge in [-0.15, -0.1) is 11.6 Å². The van der Waals surface area contributed by atoms with Crippen molar-refractivity contribution in [2.24, 2.45) is 5.41 Å². The standard InChI is InChI=1S/C20H29ClF3N3O4/c21-13-3-1-11(5-14(13)22)30-7-16(28)27-20-8-19(9-20,10-20)17(29)26-15-4-2-12(6-25-15)31-18(23)24/h11-15,18,25H,1-10H2,(H,26,29)(H,27,28). The first-order valence-electron chi connectivity index (χ1n) is 10.9. The van der Waals surface area contributed by atoms with Gasteiger partial charge in [0.05, 0.1) is 29.2 Å². The molecule has 5 rings (SSSR count). The maximum absolute atomic E-state index is 13.7. The number of rotatable bonds is 8. The van der Waals surface area contributed by atoms with Gasteiger partial charge in [0.1, 0.15) is 12.8 Å². The van der Waals surface area contributed by atoms with E-state index in [2.05, 4.69) is 20.7 Å². The largest absolute Gasteiger partial charge is 0.368 e. The summed E-state index contributed by atoms with van der Waals surface area (Å²) in [5.74, 6) is -0.325. The minimum absolute atomic E-state index is 0.0718. The summed E-state index contributed by atoms with van der Waals surface area (Å²) < 4.78 is 48.2. The Morgan fingerprint density at radius 2 is 1.84 bits per heavy atom. The van der Waals surface area contributed by atoms with E-state index < -0.39 is 29.7 Å². The highest BCUT2D eigenvalue weighted by molar-refractivity contribution is 6.21. The number of carbonyl (C=O) groups excluding carboxylic acids is 2. The van der Waals surface area contributed by atoms with Gasteiger partial charge < -0.3 is 20.1 Å². The molecule has 1 aliphatic heterocycles. The van der Waals surface area contributed by atoms with Gasteiger partial charge in [0, 0.05) is 18.5 Å². The molecule has 0 aromatic heterocycles. The second kappa shape index (κ2) is 9.03. The lowest BCUT2D eigenvalue weighted by Crippen LogP contribution is -2.79. The molecule has 2 amide bonds. The van der Waals surface area contributed by atoms with Crippen LogP contribution in [0.2, 0.25) is 0 Å². The van der Waals surface area contributed by atoms with Gasteiger partial charge in [-0.25, -0.2) is 4.39 Å². The lowest BCUT2D eigenvalue weighted by Gasteiger charge is -2.69. The fourth-order valence-corrected chi connectivity index (χ4v) is 5.64. The number of carbonyl (C=O) groups is 2. The highest BCUT2D eigenvalue weighted by Crippen LogP contribution is 2.67. The number of amides is 2. The van der Waals surface area contributed by atoms with Crippen molar-refractivity contribution in [2.75, 3.05) is 13.2 Å². The minimum Gasteiger partial charge on any atom is -0.368 e. The highest BCUT2D eigenvalue weighted by Gasteiger charge is 2.72. The summed E-state index contributed by atoms with van der Waals surface area (Å²) in [4.78, 5) is 24.9. The van der Waals surface area contributed by atoms with Crippen LogP contribution in [0.4, 0.5) is 13.2 Å². The van der Waals surface area contributed by atoms with Crippen molar-refractivity contribution in [1.29, 1.82) is 0 Å². The molecule has 11 heteroatoms. The molecular weight excluding hydrogens is 439 g/mol. The second-order valence-corrected chi connectivity index (χ2v) is 10.0. The van der Waals surface area contributed by atoms with Gasteiger partial charge >= 0.3 is 6.61 Å². The molecule has 1 heterocycles. The van der Waals surface area contributed by atoms with E-state index in [1.165, 1.54) is 0 Å². The SMILES string of the molecule is O=C(COC1CCC(Cl)C(F)C1)NC12CC(C(=O)NC3CCC(OC(F)F)CN3)(C1)C2. The van der Waals surface area contributed by atoms with Gasteiger partial charge in [0.2, 0.25) is 11.8 Å². The van der Waals surface area contributed by atoms with Crippen LogP contribution in [0.15, 0.2) is 0 Å². The Bertz CT molecular complexity index is 673. The van der Waals surface area contributed by atoms with Crippen molar-refractivity contribution in [1.82, 2.24) is 16.0 Å². The molecule has 2 bridgehead atoms.